The second kappa shape index (κ2) is 7.58. The molecule has 7 N–H and O–H groups in total. The molecular weight excluding hydrogens is 316 g/mol. The summed E-state index contributed by atoms with van der Waals surface area (Å²) >= 11 is 0.958. The van der Waals surface area contributed by atoms with Crippen LogP contribution in [-0.4, -0.2) is 23.9 Å². The maximum atomic E-state index is 11.5. The minimum absolute atomic E-state index is 0.248. The molecule has 0 saturated carbocycles. The largest absolute Gasteiger partial charge is 0.465 e. The minimum atomic E-state index is -0.405. The van der Waals surface area contributed by atoms with E-state index in [0.717, 1.165) is 23.1 Å². The van der Waals surface area contributed by atoms with Crippen molar-refractivity contribution in [3.8, 4) is 11.1 Å². The van der Waals surface area contributed by atoms with Crippen molar-refractivity contribution >= 4 is 23.8 Å². The van der Waals surface area contributed by atoms with Gasteiger partial charge in [0.1, 0.15) is 5.03 Å². The quantitative estimate of drug-likeness (QED) is 0.159. The average molecular weight is 332 g/mol. The summed E-state index contributed by atoms with van der Waals surface area (Å²) in [6.07, 6.45) is 1.62. The number of nitrogens with one attached hydrogen (secondary N) is 1. The molecule has 0 spiro atoms. The van der Waals surface area contributed by atoms with E-state index < -0.39 is 5.97 Å². The molecule has 1 aromatic heterocycles. The Balaban J connectivity index is 2.57. The number of hydrazine groups is 1. The molecular formula is C14H16N6O2S. The normalized spacial score (nSPS) is 11.2. The van der Waals surface area contributed by atoms with Crippen molar-refractivity contribution in [3.05, 3.63) is 47.7 Å². The number of pyridine rings is 1. The number of methoxy groups -OCH3 is 1. The van der Waals surface area contributed by atoms with Crippen LogP contribution in [0.5, 0.6) is 0 Å². The fourth-order valence-electron chi connectivity index (χ4n) is 2.08. The van der Waals surface area contributed by atoms with Gasteiger partial charge in [0, 0.05) is 6.20 Å². The lowest BCUT2D eigenvalue weighted by atomic mass is 10.00. The maximum Gasteiger partial charge on any atom is 0.337 e. The number of ether oxygens (including phenoxy) is 1. The molecule has 0 amide bonds. The number of hydrogen-bond donors (Lipinski definition) is 4. The van der Waals surface area contributed by atoms with Crippen LogP contribution in [0.4, 0.5) is 0 Å². The third kappa shape index (κ3) is 3.42. The van der Waals surface area contributed by atoms with Crippen LogP contribution in [0.1, 0.15) is 15.9 Å². The number of nitrogens with zero attached hydrogens (tertiary/aromatic N) is 2. The molecule has 2 rings (SSSR count). The van der Waals surface area contributed by atoms with Gasteiger partial charge in [-0.05, 0) is 41.3 Å². The molecule has 0 aliphatic rings. The third-order valence-corrected chi connectivity index (χ3v) is 3.68. The number of aromatic nitrogens is 1. The van der Waals surface area contributed by atoms with E-state index in [1.54, 1.807) is 36.5 Å². The van der Waals surface area contributed by atoms with E-state index >= 15 is 0 Å². The third-order valence-electron chi connectivity index (χ3n) is 3.15. The first-order chi connectivity index (χ1) is 11.2. The molecule has 0 fully saturated rings. The molecule has 0 aliphatic carbocycles. The van der Waals surface area contributed by atoms with Crippen LogP contribution in [-0.2, 0) is 4.74 Å². The summed E-state index contributed by atoms with van der Waals surface area (Å²) in [5.41, 5.74) is 5.05. The molecule has 120 valence electrons. The Morgan fingerprint density at radius 2 is 2.00 bits per heavy atom. The van der Waals surface area contributed by atoms with E-state index in [-0.39, 0.29) is 5.84 Å². The molecule has 0 saturated heterocycles. The van der Waals surface area contributed by atoms with Crippen LogP contribution in [0.15, 0.2) is 46.7 Å². The first-order valence-electron chi connectivity index (χ1n) is 6.45. The van der Waals surface area contributed by atoms with E-state index in [9.17, 15) is 4.79 Å². The molecule has 8 nitrogen and oxygen atoms in total. The minimum Gasteiger partial charge on any atom is -0.465 e. The van der Waals surface area contributed by atoms with E-state index in [1.165, 1.54) is 7.11 Å². The highest BCUT2D eigenvalue weighted by Crippen LogP contribution is 2.29. The van der Waals surface area contributed by atoms with Gasteiger partial charge in [-0.2, -0.15) is 5.10 Å². The number of nitrogens with two attached hydrogens (primary N) is 3. The van der Waals surface area contributed by atoms with Gasteiger partial charge in [-0.1, -0.05) is 12.1 Å². The lowest BCUT2D eigenvalue weighted by molar-refractivity contribution is 0.0601. The van der Waals surface area contributed by atoms with Crippen LogP contribution in [0.2, 0.25) is 0 Å². The summed E-state index contributed by atoms with van der Waals surface area (Å²) < 4.78 is 4.68. The number of esters is 1. The highest BCUT2D eigenvalue weighted by molar-refractivity contribution is 7.97. The molecule has 0 radical (unpaired) electrons. The number of hydrogen-bond acceptors (Lipinski definition) is 8. The zero-order valence-corrected chi connectivity index (χ0v) is 13.1. The molecule has 9 heteroatoms. The molecule has 23 heavy (non-hydrogen) atoms. The van der Waals surface area contributed by atoms with Crippen molar-refractivity contribution in [2.45, 2.75) is 5.03 Å². The van der Waals surface area contributed by atoms with Crippen molar-refractivity contribution in [1.82, 2.24) is 10.4 Å². The fraction of sp³-hybridized carbons (Fsp3) is 0.0714. The zero-order chi connectivity index (χ0) is 16.8. The Kier molecular flexibility index (Phi) is 5.52. The van der Waals surface area contributed by atoms with Crippen LogP contribution >= 0.6 is 11.9 Å². The topological polar surface area (TPSA) is 142 Å². The van der Waals surface area contributed by atoms with Crippen molar-refractivity contribution in [1.29, 1.82) is 0 Å². The van der Waals surface area contributed by atoms with Crippen LogP contribution in [0.3, 0.4) is 0 Å². The number of carbonyl (C=O) groups is 1. The first-order valence-corrected chi connectivity index (χ1v) is 7.33. The number of benzene rings is 1. The van der Waals surface area contributed by atoms with Crippen molar-refractivity contribution < 1.29 is 9.53 Å². The Hall–Kier alpha value is -2.62. The second-order valence-electron chi connectivity index (χ2n) is 4.35. The van der Waals surface area contributed by atoms with Crippen molar-refractivity contribution in [2.24, 2.45) is 21.9 Å². The maximum absolute atomic E-state index is 11.5. The monoisotopic (exact) mass is 332 g/mol. The first kappa shape index (κ1) is 16.7. The smallest absolute Gasteiger partial charge is 0.337 e. The van der Waals surface area contributed by atoms with Gasteiger partial charge in [0.05, 0.1) is 18.2 Å². The predicted molar refractivity (Wildman–Crippen MR) is 89.1 cm³/mol. The highest BCUT2D eigenvalue weighted by atomic mass is 32.2. The Bertz CT molecular complexity index is 733. The van der Waals surface area contributed by atoms with Gasteiger partial charge >= 0.3 is 5.97 Å². The van der Waals surface area contributed by atoms with E-state index in [0.29, 0.717) is 16.2 Å². The lowest BCUT2D eigenvalue weighted by Gasteiger charge is -2.14. The predicted octanol–water partition coefficient (Wildman–Crippen LogP) is 0.585. The summed E-state index contributed by atoms with van der Waals surface area (Å²) in [5.74, 6) is 10.7. The molecule has 0 atom stereocenters. The van der Waals surface area contributed by atoms with E-state index in [1.807, 2.05) is 0 Å². The number of carbonyl (C=O) groups excluding carboxylic acids is 1. The number of rotatable bonds is 4. The Morgan fingerprint density at radius 1 is 1.30 bits per heavy atom. The van der Waals surface area contributed by atoms with Gasteiger partial charge in [0.2, 0.25) is 0 Å². The standard InChI is InChI=1S/C14H16N6O2S/c1-22-14(21)9-4-2-8(3-5-9)10-6-7-18-13(23-17)11(10)12(19-15)20-16/h2-7H,15-17H2,1H3,(H,19,20). The van der Waals surface area contributed by atoms with E-state index in [2.05, 4.69) is 20.2 Å². The summed E-state index contributed by atoms with van der Waals surface area (Å²) in [6, 6.07) is 8.66. The Morgan fingerprint density at radius 3 is 2.52 bits per heavy atom. The van der Waals surface area contributed by atoms with Gasteiger partial charge in [-0.25, -0.2) is 15.6 Å². The van der Waals surface area contributed by atoms with Gasteiger partial charge in [0.25, 0.3) is 0 Å². The molecule has 1 aromatic carbocycles. The summed E-state index contributed by atoms with van der Waals surface area (Å²) in [4.78, 5) is 15.7. The molecule has 0 aliphatic heterocycles. The van der Waals surface area contributed by atoms with Crippen LogP contribution in [0.25, 0.3) is 11.1 Å². The van der Waals surface area contributed by atoms with Gasteiger partial charge < -0.3 is 16.0 Å². The second-order valence-corrected chi connectivity index (χ2v) is 4.97. The van der Waals surface area contributed by atoms with E-state index in [4.69, 9.17) is 16.8 Å². The summed E-state index contributed by atoms with van der Waals surface area (Å²) in [5, 5.41) is 9.80. The van der Waals surface area contributed by atoms with Crippen molar-refractivity contribution in [3.63, 3.8) is 0 Å². The molecule has 2 aromatic rings. The van der Waals surface area contributed by atoms with Crippen LogP contribution in [0, 0.1) is 0 Å². The lowest BCUT2D eigenvalue weighted by Crippen LogP contribution is -2.33. The Labute approximate surface area is 137 Å². The zero-order valence-electron chi connectivity index (χ0n) is 12.3. The average Bonchev–Trinajstić information content (AvgIpc) is 2.62. The summed E-state index contributed by atoms with van der Waals surface area (Å²) in [6.45, 7) is 0. The van der Waals surface area contributed by atoms with Crippen molar-refractivity contribution in [2.75, 3.05) is 7.11 Å². The fourth-order valence-corrected chi connectivity index (χ4v) is 2.53. The van der Waals surface area contributed by atoms with Crippen LogP contribution < -0.4 is 22.3 Å². The molecule has 1 heterocycles. The SMILES string of the molecule is COC(=O)c1ccc(-c2ccnc(SN)c2/C(=N/N)NN)cc1. The highest BCUT2D eigenvalue weighted by Gasteiger charge is 2.17. The van der Waals surface area contributed by atoms with Gasteiger partial charge in [-0.3, -0.25) is 5.14 Å². The van der Waals surface area contributed by atoms with Gasteiger partial charge in [0.15, 0.2) is 5.84 Å². The number of hydrazone groups is 1. The summed E-state index contributed by atoms with van der Waals surface area (Å²) in [7, 11) is 1.33. The number of amidine groups is 1. The molecule has 0 unspecified atom stereocenters. The molecule has 0 bridgehead atoms. The van der Waals surface area contributed by atoms with Gasteiger partial charge in [-0.15, -0.1) is 0 Å².